The average molecular weight is 408 g/mol. The van der Waals surface area contributed by atoms with Crippen molar-refractivity contribution in [2.75, 3.05) is 19.0 Å². The fraction of sp³-hybridized carbons (Fsp3) is 0.304. The number of ether oxygens (including phenoxy) is 1. The molecule has 0 unspecified atom stereocenters. The Morgan fingerprint density at radius 3 is 2.79 bits per heavy atom. The minimum atomic E-state index is -0.0110. The van der Waals surface area contributed by atoms with Crippen LogP contribution in [0.2, 0.25) is 0 Å². The molecule has 5 nitrogen and oxygen atoms in total. The lowest BCUT2D eigenvalue weighted by atomic mass is 10.1. The predicted octanol–water partition coefficient (Wildman–Crippen LogP) is 4.28. The zero-order valence-corrected chi connectivity index (χ0v) is 17.4. The van der Waals surface area contributed by atoms with Gasteiger partial charge >= 0.3 is 0 Å². The van der Waals surface area contributed by atoms with Crippen molar-refractivity contribution < 1.29 is 9.53 Å². The molecule has 0 saturated heterocycles. The van der Waals surface area contributed by atoms with E-state index in [4.69, 9.17) is 4.74 Å². The van der Waals surface area contributed by atoms with Crippen LogP contribution in [0.25, 0.3) is 0 Å². The van der Waals surface area contributed by atoms with E-state index in [1.165, 1.54) is 10.4 Å². The number of para-hydroxylation sites is 1. The van der Waals surface area contributed by atoms with Gasteiger partial charge in [-0.05, 0) is 23.6 Å². The second-order valence-corrected chi connectivity index (χ2v) is 8.28. The standard InChI is InChI=1S/C23H25N3O2S/c1-28-20-10-6-5-9-18(20)11-12-22(27)25-23-24-19-13-14-26(16-21(19)29-23)15-17-7-3-2-4-8-17/h2-10H,11-16H2,1H3,(H,24,25,27). The highest BCUT2D eigenvalue weighted by Gasteiger charge is 2.21. The van der Waals surface area contributed by atoms with Crippen LogP contribution in [0.3, 0.4) is 0 Å². The van der Waals surface area contributed by atoms with Crippen LogP contribution in [0.5, 0.6) is 5.75 Å². The Labute approximate surface area is 175 Å². The number of benzene rings is 2. The monoisotopic (exact) mass is 407 g/mol. The van der Waals surface area contributed by atoms with Crippen LogP contribution < -0.4 is 10.1 Å². The smallest absolute Gasteiger partial charge is 0.226 e. The molecule has 0 saturated carbocycles. The lowest BCUT2D eigenvalue weighted by Gasteiger charge is -2.25. The molecular weight excluding hydrogens is 382 g/mol. The normalized spacial score (nSPS) is 13.7. The molecular formula is C23H25N3O2S. The quantitative estimate of drug-likeness (QED) is 0.635. The first-order valence-corrected chi connectivity index (χ1v) is 10.7. The maximum absolute atomic E-state index is 12.4. The molecule has 29 heavy (non-hydrogen) atoms. The number of amides is 1. The number of thiazole rings is 1. The number of aryl methyl sites for hydroxylation is 1. The molecule has 2 aromatic carbocycles. The third-order valence-corrected chi connectivity index (χ3v) is 6.12. The van der Waals surface area contributed by atoms with Crippen molar-refractivity contribution in [3.05, 3.63) is 76.3 Å². The minimum Gasteiger partial charge on any atom is -0.496 e. The van der Waals surface area contributed by atoms with E-state index in [-0.39, 0.29) is 5.91 Å². The van der Waals surface area contributed by atoms with Gasteiger partial charge in [-0.15, -0.1) is 11.3 Å². The summed E-state index contributed by atoms with van der Waals surface area (Å²) < 4.78 is 5.36. The Balaban J connectivity index is 1.32. The van der Waals surface area contributed by atoms with Gasteiger partial charge < -0.3 is 10.1 Å². The number of methoxy groups -OCH3 is 1. The summed E-state index contributed by atoms with van der Waals surface area (Å²) in [6, 6.07) is 18.3. The van der Waals surface area contributed by atoms with Crippen LogP contribution in [0.1, 0.15) is 28.1 Å². The number of carbonyl (C=O) groups is 1. The topological polar surface area (TPSA) is 54.5 Å². The van der Waals surface area contributed by atoms with E-state index in [1.54, 1.807) is 18.4 Å². The van der Waals surface area contributed by atoms with Crippen molar-refractivity contribution in [2.24, 2.45) is 0 Å². The van der Waals surface area contributed by atoms with Gasteiger partial charge in [0.2, 0.25) is 5.91 Å². The zero-order valence-electron chi connectivity index (χ0n) is 16.6. The van der Waals surface area contributed by atoms with Gasteiger partial charge in [-0.1, -0.05) is 48.5 Å². The lowest BCUT2D eigenvalue weighted by Crippen LogP contribution is -2.29. The molecule has 0 radical (unpaired) electrons. The third-order valence-electron chi connectivity index (χ3n) is 5.12. The summed E-state index contributed by atoms with van der Waals surface area (Å²) in [5.41, 5.74) is 3.49. The molecule has 1 amide bonds. The van der Waals surface area contributed by atoms with E-state index in [0.29, 0.717) is 18.0 Å². The van der Waals surface area contributed by atoms with Crippen molar-refractivity contribution >= 4 is 22.4 Å². The summed E-state index contributed by atoms with van der Waals surface area (Å²) in [5, 5.41) is 3.69. The van der Waals surface area contributed by atoms with Crippen LogP contribution in [-0.2, 0) is 30.7 Å². The van der Waals surface area contributed by atoms with Crippen molar-refractivity contribution in [2.45, 2.75) is 32.4 Å². The van der Waals surface area contributed by atoms with E-state index in [9.17, 15) is 4.79 Å². The van der Waals surface area contributed by atoms with Crippen molar-refractivity contribution in [1.82, 2.24) is 9.88 Å². The molecule has 2 heterocycles. The van der Waals surface area contributed by atoms with Gasteiger partial charge in [-0.3, -0.25) is 9.69 Å². The molecule has 6 heteroatoms. The van der Waals surface area contributed by atoms with Gasteiger partial charge in [0.25, 0.3) is 0 Å². The molecule has 1 N–H and O–H groups in total. The molecule has 4 rings (SSSR count). The highest BCUT2D eigenvalue weighted by molar-refractivity contribution is 7.15. The van der Waals surface area contributed by atoms with Crippen LogP contribution in [0.15, 0.2) is 54.6 Å². The molecule has 1 aliphatic rings. The van der Waals surface area contributed by atoms with Crippen LogP contribution in [0, 0.1) is 0 Å². The second kappa shape index (κ2) is 9.20. The first-order valence-electron chi connectivity index (χ1n) is 9.88. The Hall–Kier alpha value is -2.70. The number of aromatic nitrogens is 1. The van der Waals surface area contributed by atoms with Crippen LogP contribution >= 0.6 is 11.3 Å². The number of rotatable bonds is 7. The first-order chi connectivity index (χ1) is 14.2. The molecule has 150 valence electrons. The summed E-state index contributed by atoms with van der Waals surface area (Å²) in [5.74, 6) is 0.812. The number of nitrogens with one attached hydrogen (secondary N) is 1. The number of hydrogen-bond acceptors (Lipinski definition) is 5. The SMILES string of the molecule is COc1ccccc1CCC(=O)Nc1nc2c(s1)CN(Cc1ccccc1)CC2. The van der Waals surface area contributed by atoms with Gasteiger partial charge in [0.15, 0.2) is 5.13 Å². The Kier molecular flexibility index (Phi) is 6.22. The summed E-state index contributed by atoms with van der Waals surface area (Å²) in [4.78, 5) is 20.8. The van der Waals surface area contributed by atoms with Crippen LogP contribution in [-0.4, -0.2) is 29.4 Å². The molecule has 0 atom stereocenters. The van der Waals surface area contributed by atoms with Gasteiger partial charge in [0, 0.05) is 37.4 Å². The lowest BCUT2D eigenvalue weighted by molar-refractivity contribution is -0.116. The molecule has 1 aromatic heterocycles. The summed E-state index contributed by atoms with van der Waals surface area (Å²) in [7, 11) is 1.65. The number of fused-ring (bicyclic) bond motifs is 1. The van der Waals surface area contributed by atoms with Crippen molar-refractivity contribution in [3.8, 4) is 5.75 Å². The Bertz CT molecular complexity index is 971. The van der Waals surface area contributed by atoms with E-state index >= 15 is 0 Å². The predicted molar refractivity (Wildman–Crippen MR) is 116 cm³/mol. The number of anilines is 1. The van der Waals surface area contributed by atoms with Gasteiger partial charge in [0.1, 0.15) is 5.75 Å². The first kappa shape index (κ1) is 19.6. The highest BCUT2D eigenvalue weighted by Crippen LogP contribution is 2.29. The largest absolute Gasteiger partial charge is 0.496 e. The minimum absolute atomic E-state index is 0.0110. The average Bonchev–Trinajstić information content (AvgIpc) is 3.14. The molecule has 1 aliphatic heterocycles. The summed E-state index contributed by atoms with van der Waals surface area (Å²) in [6.45, 7) is 2.82. The fourth-order valence-corrected chi connectivity index (χ4v) is 4.68. The molecule has 3 aromatic rings. The maximum atomic E-state index is 12.4. The zero-order chi connectivity index (χ0) is 20.1. The maximum Gasteiger partial charge on any atom is 0.226 e. The van der Waals surface area contributed by atoms with Gasteiger partial charge in [-0.2, -0.15) is 0 Å². The van der Waals surface area contributed by atoms with E-state index in [2.05, 4.69) is 39.5 Å². The molecule has 0 fully saturated rings. The molecule has 0 bridgehead atoms. The number of carbonyl (C=O) groups excluding carboxylic acids is 1. The van der Waals surface area contributed by atoms with Gasteiger partial charge in [-0.25, -0.2) is 4.98 Å². The summed E-state index contributed by atoms with van der Waals surface area (Å²) >= 11 is 1.60. The van der Waals surface area contributed by atoms with E-state index in [0.717, 1.165) is 43.1 Å². The van der Waals surface area contributed by atoms with Crippen LogP contribution in [0.4, 0.5) is 5.13 Å². The summed E-state index contributed by atoms with van der Waals surface area (Å²) in [6.07, 6.45) is 1.98. The molecule has 0 aliphatic carbocycles. The Morgan fingerprint density at radius 1 is 1.17 bits per heavy atom. The number of hydrogen-bond donors (Lipinski definition) is 1. The second-order valence-electron chi connectivity index (χ2n) is 7.20. The molecule has 0 spiro atoms. The number of nitrogens with zero attached hydrogens (tertiary/aromatic N) is 2. The van der Waals surface area contributed by atoms with Crippen molar-refractivity contribution in [1.29, 1.82) is 0 Å². The van der Waals surface area contributed by atoms with E-state index < -0.39 is 0 Å². The highest BCUT2D eigenvalue weighted by atomic mass is 32.1. The Morgan fingerprint density at radius 2 is 1.97 bits per heavy atom. The third kappa shape index (κ3) is 5.02. The van der Waals surface area contributed by atoms with Crippen molar-refractivity contribution in [3.63, 3.8) is 0 Å². The van der Waals surface area contributed by atoms with Gasteiger partial charge in [0.05, 0.1) is 12.8 Å². The fourth-order valence-electron chi connectivity index (χ4n) is 3.62. The van der Waals surface area contributed by atoms with E-state index in [1.807, 2.05) is 30.3 Å².